The van der Waals surface area contributed by atoms with Crippen molar-refractivity contribution in [3.63, 3.8) is 0 Å². The number of hydrogen-bond donors (Lipinski definition) is 1. The van der Waals surface area contributed by atoms with Crippen molar-refractivity contribution in [1.29, 1.82) is 0 Å². The summed E-state index contributed by atoms with van der Waals surface area (Å²) in [4.78, 5) is 12.1. The van der Waals surface area contributed by atoms with Crippen LogP contribution in [0.1, 0.15) is 19.4 Å². The molecule has 2 aliphatic rings. The summed E-state index contributed by atoms with van der Waals surface area (Å²) in [5, 5.41) is 3.46. The Labute approximate surface area is 186 Å². The number of methoxy groups -OCH3 is 1. The van der Waals surface area contributed by atoms with Crippen LogP contribution < -0.4 is 10.1 Å². The van der Waals surface area contributed by atoms with E-state index < -0.39 is 0 Å². The number of guanidine groups is 1. The van der Waals surface area contributed by atoms with Gasteiger partial charge < -0.3 is 19.7 Å². The van der Waals surface area contributed by atoms with Gasteiger partial charge in [0.15, 0.2) is 17.5 Å². The van der Waals surface area contributed by atoms with E-state index in [9.17, 15) is 4.39 Å². The minimum atomic E-state index is -0.300. The molecule has 2 heterocycles. The molecule has 7 nitrogen and oxygen atoms in total. The van der Waals surface area contributed by atoms with Gasteiger partial charge in [-0.1, -0.05) is 13.0 Å². The molecule has 174 valence electrons. The summed E-state index contributed by atoms with van der Waals surface area (Å²) >= 11 is 0. The summed E-state index contributed by atoms with van der Waals surface area (Å²) in [6.45, 7) is 15.3. The summed E-state index contributed by atoms with van der Waals surface area (Å²) in [6, 6.07) is 5.22. The minimum Gasteiger partial charge on any atom is -0.494 e. The van der Waals surface area contributed by atoms with Crippen LogP contribution in [0.2, 0.25) is 0 Å². The lowest BCUT2D eigenvalue weighted by Crippen LogP contribution is -2.52. The number of morpholine rings is 1. The Morgan fingerprint density at radius 3 is 2.55 bits per heavy atom. The molecular weight excluding hydrogens is 397 g/mol. The highest BCUT2D eigenvalue weighted by molar-refractivity contribution is 5.80. The SMILES string of the molecule is CCNC(=NCC(C)CN1CCOCC1)N1CCN(Cc2ccc(OC)c(F)c2)CC1. The Hall–Kier alpha value is -1.90. The molecule has 0 amide bonds. The highest BCUT2D eigenvalue weighted by Gasteiger charge is 2.21. The molecule has 0 aliphatic carbocycles. The van der Waals surface area contributed by atoms with Crippen molar-refractivity contribution in [3.05, 3.63) is 29.6 Å². The first-order valence-electron chi connectivity index (χ1n) is 11.5. The number of hydrogen-bond acceptors (Lipinski definition) is 5. The van der Waals surface area contributed by atoms with Gasteiger partial charge in [0.1, 0.15) is 0 Å². The number of halogens is 1. The van der Waals surface area contributed by atoms with Crippen LogP contribution in [-0.2, 0) is 11.3 Å². The molecule has 1 aromatic carbocycles. The maximum absolute atomic E-state index is 14.0. The number of nitrogens with one attached hydrogen (secondary N) is 1. The van der Waals surface area contributed by atoms with Crippen LogP contribution in [0.15, 0.2) is 23.2 Å². The Kier molecular flexibility index (Phi) is 9.36. The fourth-order valence-electron chi connectivity index (χ4n) is 4.13. The van der Waals surface area contributed by atoms with Gasteiger partial charge >= 0.3 is 0 Å². The van der Waals surface area contributed by atoms with E-state index in [0.29, 0.717) is 11.7 Å². The normalized spacial score (nSPS) is 20.0. The molecule has 0 bridgehead atoms. The third-order valence-corrected chi connectivity index (χ3v) is 5.86. The minimum absolute atomic E-state index is 0.294. The molecule has 1 aromatic rings. The van der Waals surface area contributed by atoms with Crippen LogP contribution in [0.25, 0.3) is 0 Å². The second-order valence-corrected chi connectivity index (χ2v) is 8.44. The maximum atomic E-state index is 14.0. The van der Waals surface area contributed by atoms with Crippen molar-refractivity contribution in [2.45, 2.75) is 20.4 Å². The lowest BCUT2D eigenvalue weighted by Gasteiger charge is -2.36. The zero-order valence-corrected chi connectivity index (χ0v) is 19.3. The van der Waals surface area contributed by atoms with Crippen molar-refractivity contribution < 1.29 is 13.9 Å². The molecule has 2 fully saturated rings. The van der Waals surface area contributed by atoms with Gasteiger partial charge in [-0.3, -0.25) is 14.8 Å². The Balaban J connectivity index is 1.48. The number of piperazine rings is 1. The molecule has 2 saturated heterocycles. The molecular formula is C23H38FN5O2. The molecule has 0 saturated carbocycles. The first kappa shape index (κ1) is 23.8. The van der Waals surface area contributed by atoms with E-state index in [0.717, 1.165) is 90.2 Å². The smallest absolute Gasteiger partial charge is 0.194 e. The van der Waals surface area contributed by atoms with Crippen molar-refractivity contribution in [1.82, 2.24) is 20.0 Å². The zero-order chi connectivity index (χ0) is 22.1. The van der Waals surface area contributed by atoms with Crippen LogP contribution in [-0.4, -0.2) is 99.9 Å². The Bertz CT molecular complexity index is 703. The number of ether oxygens (including phenoxy) is 2. The molecule has 31 heavy (non-hydrogen) atoms. The lowest BCUT2D eigenvalue weighted by molar-refractivity contribution is 0.0323. The number of aliphatic imine (C=N–C) groups is 1. The van der Waals surface area contributed by atoms with E-state index >= 15 is 0 Å². The highest BCUT2D eigenvalue weighted by Crippen LogP contribution is 2.19. The van der Waals surface area contributed by atoms with Crippen molar-refractivity contribution >= 4 is 5.96 Å². The monoisotopic (exact) mass is 435 g/mol. The van der Waals surface area contributed by atoms with Crippen LogP contribution in [0.5, 0.6) is 5.75 Å². The zero-order valence-electron chi connectivity index (χ0n) is 19.3. The Morgan fingerprint density at radius 1 is 1.16 bits per heavy atom. The first-order valence-corrected chi connectivity index (χ1v) is 11.5. The Morgan fingerprint density at radius 2 is 1.90 bits per heavy atom. The van der Waals surface area contributed by atoms with E-state index in [4.69, 9.17) is 14.5 Å². The third kappa shape index (κ3) is 7.33. The van der Waals surface area contributed by atoms with Crippen molar-refractivity contribution in [2.24, 2.45) is 10.9 Å². The molecule has 3 rings (SSSR count). The first-order chi connectivity index (χ1) is 15.1. The van der Waals surface area contributed by atoms with E-state index in [2.05, 4.69) is 33.9 Å². The lowest BCUT2D eigenvalue weighted by atomic mass is 10.1. The van der Waals surface area contributed by atoms with Gasteiger partial charge in [-0.25, -0.2) is 4.39 Å². The summed E-state index contributed by atoms with van der Waals surface area (Å²) < 4.78 is 24.4. The topological polar surface area (TPSA) is 52.6 Å². The molecule has 8 heteroatoms. The third-order valence-electron chi connectivity index (χ3n) is 5.86. The molecule has 1 atom stereocenters. The molecule has 1 N–H and O–H groups in total. The van der Waals surface area contributed by atoms with Crippen molar-refractivity contribution in [2.75, 3.05) is 79.2 Å². The number of nitrogens with zero attached hydrogens (tertiary/aromatic N) is 4. The quantitative estimate of drug-likeness (QED) is 0.497. The van der Waals surface area contributed by atoms with Gasteiger partial charge in [0.25, 0.3) is 0 Å². The van der Waals surface area contributed by atoms with Gasteiger partial charge in [0, 0.05) is 65.4 Å². The van der Waals surface area contributed by atoms with Gasteiger partial charge in [-0.05, 0) is 30.5 Å². The highest BCUT2D eigenvalue weighted by atomic mass is 19.1. The number of rotatable bonds is 8. The van der Waals surface area contributed by atoms with Gasteiger partial charge in [0.05, 0.1) is 20.3 Å². The molecule has 1 unspecified atom stereocenters. The summed E-state index contributed by atoms with van der Waals surface area (Å²) in [7, 11) is 1.49. The second kappa shape index (κ2) is 12.2. The standard InChI is InChI=1S/C23H38FN5O2/c1-4-25-23(26-16-19(2)17-28-11-13-31-14-12-28)29-9-7-27(8-10-29)18-20-5-6-22(30-3)21(24)15-20/h5-6,15,19H,4,7-14,16-18H2,1-3H3,(H,25,26). The summed E-state index contributed by atoms with van der Waals surface area (Å²) in [5.41, 5.74) is 0.976. The summed E-state index contributed by atoms with van der Waals surface area (Å²) in [6.07, 6.45) is 0. The molecule has 2 aliphatic heterocycles. The predicted octanol–water partition coefficient (Wildman–Crippen LogP) is 1.89. The van der Waals surface area contributed by atoms with Gasteiger partial charge in [-0.2, -0.15) is 0 Å². The van der Waals surface area contributed by atoms with Crippen LogP contribution >= 0.6 is 0 Å². The predicted molar refractivity (Wildman–Crippen MR) is 122 cm³/mol. The van der Waals surface area contributed by atoms with Crippen molar-refractivity contribution in [3.8, 4) is 5.75 Å². The van der Waals surface area contributed by atoms with Gasteiger partial charge in [0.2, 0.25) is 0 Å². The maximum Gasteiger partial charge on any atom is 0.194 e. The van der Waals surface area contributed by atoms with Gasteiger partial charge in [-0.15, -0.1) is 0 Å². The second-order valence-electron chi connectivity index (χ2n) is 8.44. The van der Waals surface area contributed by atoms with Crippen LogP contribution in [0.4, 0.5) is 4.39 Å². The van der Waals surface area contributed by atoms with Crippen LogP contribution in [0.3, 0.4) is 0 Å². The van der Waals surface area contributed by atoms with E-state index in [1.54, 1.807) is 12.1 Å². The number of benzene rings is 1. The molecule has 0 spiro atoms. The van der Waals surface area contributed by atoms with E-state index in [1.807, 2.05) is 6.07 Å². The molecule has 0 radical (unpaired) electrons. The molecule has 0 aromatic heterocycles. The fraction of sp³-hybridized carbons (Fsp3) is 0.696. The average molecular weight is 436 g/mol. The fourth-order valence-corrected chi connectivity index (χ4v) is 4.13. The van der Waals surface area contributed by atoms with Crippen LogP contribution in [0, 0.1) is 11.7 Å². The van der Waals surface area contributed by atoms with E-state index in [1.165, 1.54) is 7.11 Å². The largest absolute Gasteiger partial charge is 0.494 e. The average Bonchev–Trinajstić information content (AvgIpc) is 2.78. The summed E-state index contributed by atoms with van der Waals surface area (Å²) in [5.74, 6) is 1.51. The van der Waals surface area contributed by atoms with E-state index in [-0.39, 0.29) is 5.82 Å².